The van der Waals surface area contributed by atoms with Crippen LogP contribution in [0.5, 0.6) is 5.75 Å². The van der Waals surface area contributed by atoms with E-state index in [1.54, 1.807) is 6.08 Å². The van der Waals surface area contributed by atoms with Gasteiger partial charge in [0.2, 0.25) is 5.91 Å². The van der Waals surface area contributed by atoms with E-state index in [2.05, 4.69) is 30.4 Å². The van der Waals surface area contributed by atoms with E-state index in [9.17, 15) is 4.79 Å². The van der Waals surface area contributed by atoms with Crippen molar-refractivity contribution >= 4 is 12.0 Å². The summed E-state index contributed by atoms with van der Waals surface area (Å²) >= 11 is 0. The van der Waals surface area contributed by atoms with Crippen LogP contribution in [0, 0.1) is 5.92 Å². The molecule has 0 radical (unpaired) electrons. The number of hydrazine groups is 1. The number of amides is 1. The molecule has 1 aromatic carbocycles. The highest BCUT2D eigenvalue weighted by Gasteiger charge is 2.22. The monoisotopic (exact) mass is 272 g/mol. The topological polar surface area (TPSA) is 50.4 Å². The molecule has 1 aliphatic rings. The van der Waals surface area contributed by atoms with Crippen molar-refractivity contribution in [2.24, 2.45) is 5.92 Å². The maximum Gasteiger partial charge on any atom is 0.234 e. The Kier molecular flexibility index (Phi) is 4.96. The normalized spacial score (nSPS) is 22.6. The molecule has 0 aromatic heterocycles. The summed E-state index contributed by atoms with van der Waals surface area (Å²) in [7, 11) is 0. The summed E-state index contributed by atoms with van der Waals surface area (Å²) in [6.07, 6.45) is 6.37. The number of rotatable bonds is 5. The zero-order valence-electron chi connectivity index (χ0n) is 11.6. The third kappa shape index (κ3) is 3.96. The van der Waals surface area contributed by atoms with Crippen LogP contribution >= 0.6 is 0 Å². The van der Waals surface area contributed by atoms with Crippen molar-refractivity contribution in [3.63, 3.8) is 0 Å². The molecule has 1 amide bonds. The molecule has 2 unspecified atom stereocenters. The molecule has 1 aliphatic heterocycles. The van der Waals surface area contributed by atoms with Crippen LogP contribution in [0.25, 0.3) is 6.08 Å². The van der Waals surface area contributed by atoms with E-state index in [0.29, 0.717) is 13.0 Å². The Morgan fingerprint density at radius 3 is 3.10 bits per heavy atom. The van der Waals surface area contributed by atoms with E-state index in [1.165, 1.54) is 0 Å². The van der Waals surface area contributed by atoms with Gasteiger partial charge in [0.1, 0.15) is 12.4 Å². The molecule has 1 saturated heterocycles. The van der Waals surface area contributed by atoms with Gasteiger partial charge in [0.05, 0.1) is 0 Å². The van der Waals surface area contributed by atoms with Crippen molar-refractivity contribution in [3.8, 4) is 5.75 Å². The molecule has 2 atom stereocenters. The summed E-state index contributed by atoms with van der Waals surface area (Å²) in [4.78, 5) is 11.2. The summed E-state index contributed by atoms with van der Waals surface area (Å²) in [5, 5.41) is 0. The molecule has 0 bridgehead atoms. The lowest BCUT2D eigenvalue weighted by Gasteiger charge is -2.27. The number of hydrogen-bond donors (Lipinski definition) is 2. The first kappa shape index (κ1) is 14.3. The van der Waals surface area contributed by atoms with Gasteiger partial charge in [-0.25, -0.2) is 5.43 Å². The van der Waals surface area contributed by atoms with Crippen molar-refractivity contribution < 1.29 is 9.53 Å². The predicted octanol–water partition coefficient (Wildman–Crippen LogP) is 2.29. The largest absolute Gasteiger partial charge is 0.490 e. The Balaban J connectivity index is 2.00. The molecule has 0 aliphatic carbocycles. The number of nitrogens with one attached hydrogen (secondary N) is 2. The molecule has 4 nitrogen and oxygen atoms in total. The minimum atomic E-state index is 0.0435. The molecule has 0 saturated carbocycles. The molecule has 106 valence electrons. The number of carbonyl (C=O) groups excluding carboxylic acids is 1. The number of ether oxygens (including phenoxy) is 1. The van der Waals surface area contributed by atoms with E-state index < -0.39 is 0 Å². The van der Waals surface area contributed by atoms with Gasteiger partial charge >= 0.3 is 0 Å². The number of benzene rings is 1. The van der Waals surface area contributed by atoms with E-state index >= 15 is 0 Å². The summed E-state index contributed by atoms with van der Waals surface area (Å²) in [6, 6.07) is 8.01. The van der Waals surface area contributed by atoms with Crippen LogP contribution in [0.15, 0.2) is 43.0 Å². The third-order valence-corrected chi connectivity index (χ3v) is 3.22. The quantitative estimate of drug-likeness (QED) is 0.809. The fraction of sp³-hybridized carbons (Fsp3) is 0.312. The molecular weight excluding hydrogens is 252 g/mol. The van der Waals surface area contributed by atoms with E-state index in [4.69, 9.17) is 4.74 Å². The van der Waals surface area contributed by atoms with E-state index in [1.807, 2.05) is 30.3 Å². The van der Waals surface area contributed by atoms with Crippen LogP contribution < -0.4 is 15.6 Å². The van der Waals surface area contributed by atoms with Gasteiger partial charge in [-0.1, -0.05) is 43.9 Å². The zero-order valence-corrected chi connectivity index (χ0v) is 11.6. The molecule has 2 rings (SSSR count). The molecule has 4 heteroatoms. The highest BCUT2D eigenvalue weighted by molar-refractivity contribution is 5.76. The Morgan fingerprint density at radius 1 is 1.50 bits per heavy atom. The average molecular weight is 272 g/mol. The second kappa shape index (κ2) is 6.91. The fourth-order valence-corrected chi connectivity index (χ4v) is 2.09. The summed E-state index contributed by atoms with van der Waals surface area (Å²) in [5.41, 5.74) is 6.74. The Labute approximate surface area is 119 Å². The highest BCUT2D eigenvalue weighted by atomic mass is 16.5. The lowest BCUT2D eigenvalue weighted by Crippen LogP contribution is -2.52. The number of hydrogen-bond acceptors (Lipinski definition) is 3. The predicted molar refractivity (Wildman–Crippen MR) is 80.0 cm³/mol. The standard InChI is InChI=1S/C16H20N2O2/c1-3-9-20-14-6-4-5-13(11-14)7-8-15-12(2)10-16(19)18-17-15/h3-8,11-12,15,17H,1,9-10H2,2H3,(H,18,19)/b8-7+. The first-order valence-electron chi connectivity index (χ1n) is 6.75. The lowest BCUT2D eigenvalue weighted by molar-refractivity contribution is -0.125. The number of carbonyl (C=O) groups is 1. The van der Waals surface area contributed by atoms with Crippen LogP contribution in [0.3, 0.4) is 0 Å². The SMILES string of the molecule is C=CCOc1cccc(/C=C/C2NNC(=O)CC2C)c1. The zero-order chi connectivity index (χ0) is 14.4. The Bertz CT molecular complexity index is 511. The summed E-state index contributed by atoms with van der Waals surface area (Å²) < 4.78 is 5.50. The summed E-state index contributed by atoms with van der Waals surface area (Å²) in [5.74, 6) is 1.15. The molecular formula is C16H20N2O2. The van der Waals surface area contributed by atoms with Crippen LogP contribution in [0.4, 0.5) is 0 Å². The highest BCUT2D eigenvalue weighted by Crippen LogP contribution is 2.17. The summed E-state index contributed by atoms with van der Waals surface area (Å²) in [6.45, 7) is 6.19. The van der Waals surface area contributed by atoms with Crippen molar-refractivity contribution in [2.45, 2.75) is 19.4 Å². The minimum Gasteiger partial charge on any atom is -0.490 e. The molecule has 20 heavy (non-hydrogen) atoms. The second-order valence-electron chi connectivity index (χ2n) is 4.93. The molecule has 2 N–H and O–H groups in total. The molecule has 1 heterocycles. The first-order valence-corrected chi connectivity index (χ1v) is 6.75. The van der Waals surface area contributed by atoms with E-state index in [-0.39, 0.29) is 17.9 Å². The van der Waals surface area contributed by atoms with Crippen molar-refractivity contribution in [3.05, 3.63) is 48.6 Å². The van der Waals surface area contributed by atoms with Gasteiger partial charge in [0, 0.05) is 12.5 Å². The van der Waals surface area contributed by atoms with Crippen LogP contribution in [-0.4, -0.2) is 18.6 Å². The van der Waals surface area contributed by atoms with Crippen molar-refractivity contribution in [2.75, 3.05) is 6.61 Å². The van der Waals surface area contributed by atoms with Gasteiger partial charge in [-0.15, -0.1) is 0 Å². The lowest BCUT2D eigenvalue weighted by atomic mass is 9.96. The third-order valence-electron chi connectivity index (χ3n) is 3.22. The van der Waals surface area contributed by atoms with E-state index in [0.717, 1.165) is 11.3 Å². The Hall–Kier alpha value is -2.07. The van der Waals surface area contributed by atoms with Crippen molar-refractivity contribution in [1.29, 1.82) is 0 Å². The van der Waals surface area contributed by atoms with Gasteiger partial charge < -0.3 is 4.74 Å². The minimum absolute atomic E-state index is 0.0435. The average Bonchev–Trinajstić information content (AvgIpc) is 2.45. The molecule has 1 fully saturated rings. The van der Waals surface area contributed by atoms with Gasteiger partial charge in [-0.3, -0.25) is 10.2 Å². The molecule has 0 spiro atoms. The van der Waals surface area contributed by atoms with Gasteiger partial charge in [0.25, 0.3) is 0 Å². The maximum atomic E-state index is 11.2. The van der Waals surface area contributed by atoms with Crippen LogP contribution in [0.1, 0.15) is 18.9 Å². The smallest absolute Gasteiger partial charge is 0.234 e. The maximum absolute atomic E-state index is 11.2. The molecule has 1 aromatic rings. The van der Waals surface area contributed by atoms with Gasteiger partial charge in [-0.05, 0) is 23.6 Å². The first-order chi connectivity index (χ1) is 9.69. The van der Waals surface area contributed by atoms with Gasteiger partial charge in [0.15, 0.2) is 0 Å². The fourth-order valence-electron chi connectivity index (χ4n) is 2.09. The van der Waals surface area contributed by atoms with Crippen LogP contribution in [-0.2, 0) is 4.79 Å². The Morgan fingerprint density at radius 2 is 2.35 bits per heavy atom. The van der Waals surface area contributed by atoms with Crippen LogP contribution in [0.2, 0.25) is 0 Å². The van der Waals surface area contributed by atoms with Gasteiger partial charge in [-0.2, -0.15) is 0 Å². The van der Waals surface area contributed by atoms with Crippen molar-refractivity contribution in [1.82, 2.24) is 10.9 Å². The second-order valence-corrected chi connectivity index (χ2v) is 4.93.